The van der Waals surface area contributed by atoms with Crippen LogP contribution in [0.25, 0.3) is 0 Å². The molecule has 1 saturated carbocycles. The molecule has 0 saturated heterocycles. The number of amides is 1. The number of hydrogen-bond donors (Lipinski definition) is 1. The van der Waals surface area contributed by atoms with E-state index in [4.69, 9.17) is 4.74 Å². The van der Waals surface area contributed by atoms with Gasteiger partial charge in [-0.25, -0.2) is 4.79 Å². The lowest BCUT2D eigenvalue weighted by molar-refractivity contribution is -0.153. The van der Waals surface area contributed by atoms with Crippen LogP contribution >= 0.6 is 0 Å². The molecule has 1 fully saturated rings. The molecule has 0 radical (unpaired) electrons. The van der Waals surface area contributed by atoms with Crippen LogP contribution in [0.15, 0.2) is 24.3 Å². The number of rotatable bonds is 4. The van der Waals surface area contributed by atoms with Crippen LogP contribution in [0.4, 0.5) is 0 Å². The number of nitrogens with zero attached hydrogens (tertiary/aromatic N) is 2. The lowest BCUT2D eigenvalue weighted by Crippen LogP contribution is -2.46. The maximum Gasteiger partial charge on any atom is 0.331 e. The highest BCUT2D eigenvalue weighted by atomic mass is 16.5. The minimum absolute atomic E-state index is 0.0705. The molecular formula is C17H22N2O4. The van der Waals surface area contributed by atoms with Crippen molar-refractivity contribution in [3.8, 4) is 5.75 Å². The molecule has 2 aliphatic rings. The first-order valence-corrected chi connectivity index (χ1v) is 7.85. The van der Waals surface area contributed by atoms with E-state index in [-0.39, 0.29) is 5.91 Å². The zero-order chi connectivity index (χ0) is 16.6. The lowest BCUT2D eigenvalue weighted by atomic mass is 9.99. The van der Waals surface area contributed by atoms with Gasteiger partial charge in [0.05, 0.1) is 12.0 Å². The van der Waals surface area contributed by atoms with E-state index in [0.29, 0.717) is 31.0 Å². The number of carbonyl (C=O) groups is 2. The summed E-state index contributed by atoms with van der Waals surface area (Å²) in [6.45, 7) is 1.25. The average molecular weight is 318 g/mol. The van der Waals surface area contributed by atoms with Gasteiger partial charge < -0.3 is 19.6 Å². The first-order chi connectivity index (χ1) is 10.9. The molecule has 1 atom stereocenters. The number of ether oxygens (including phenoxy) is 1. The SMILES string of the molecule is CN(C)CC1(C(=O)N2CCOc3ccccc3C2C(=O)O)CC1. The molecule has 1 aliphatic heterocycles. The van der Waals surface area contributed by atoms with Crippen LogP contribution in [-0.4, -0.2) is 60.6 Å². The highest BCUT2D eigenvalue weighted by molar-refractivity contribution is 5.90. The Morgan fingerprint density at radius 3 is 2.65 bits per heavy atom. The van der Waals surface area contributed by atoms with E-state index >= 15 is 0 Å². The lowest BCUT2D eigenvalue weighted by Gasteiger charge is -2.31. The monoisotopic (exact) mass is 318 g/mol. The van der Waals surface area contributed by atoms with E-state index in [9.17, 15) is 14.7 Å². The van der Waals surface area contributed by atoms with Gasteiger partial charge in [-0.1, -0.05) is 18.2 Å². The smallest absolute Gasteiger partial charge is 0.331 e. The van der Waals surface area contributed by atoms with Crippen LogP contribution in [-0.2, 0) is 9.59 Å². The van der Waals surface area contributed by atoms with Crippen molar-refractivity contribution in [3.63, 3.8) is 0 Å². The van der Waals surface area contributed by atoms with Crippen LogP contribution in [0.1, 0.15) is 24.4 Å². The number of carboxylic acids is 1. The van der Waals surface area contributed by atoms with Gasteiger partial charge in [0, 0.05) is 12.1 Å². The number of carboxylic acid groups (broad SMARTS) is 1. The Labute approximate surface area is 135 Å². The van der Waals surface area contributed by atoms with E-state index < -0.39 is 17.4 Å². The quantitative estimate of drug-likeness (QED) is 0.908. The zero-order valence-corrected chi connectivity index (χ0v) is 13.5. The third kappa shape index (κ3) is 2.91. The Balaban J connectivity index is 1.95. The van der Waals surface area contributed by atoms with Gasteiger partial charge in [0.15, 0.2) is 6.04 Å². The van der Waals surface area contributed by atoms with Crippen molar-refractivity contribution in [3.05, 3.63) is 29.8 Å². The Hall–Kier alpha value is -2.08. The third-order valence-corrected chi connectivity index (χ3v) is 4.54. The first kappa shape index (κ1) is 15.8. The van der Waals surface area contributed by atoms with Crippen LogP contribution in [0.3, 0.4) is 0 Å². The van der Waals surface area contributed by atoms with Crippen LogP contribution in [0.5, 0.6) is 5.75 Å². The maximum atomic E-state index is 13.1. The molecule has 1 aliphatic carbocycles. The Bertz CT molecular complexity index is 625. The molecule has 3 rings (SSSR count). The number of para-hydroxylation sites is 1. The molecule has 0 bridgehead atoms. The molecule has 23 heavy (non-hydrogen) atoms. The Kier molecular flexibility index (Phi) is 4.02. The van der Waals surface area contributed by atoms with Gasteiger partial charge in [0.25, 0.3) is 0 Å². The molecule has 1 aromatic carbocycles. The predicted octanol–water partition coefficient (Wildman–Crippen LogP) is 1.38. The van der Waals surface area contributed by atoms with E-state index in [1.807, 2.05) is 25.1 Å². The largest absolute Gasteiger partial charge is 0.491 e. The molecule has 1 N–H and O–H groups in total. The van der Waals surface area contributed by atoms with E-state index in [2.05, 4.69) is 0 Å². The Morgan fingerprint density at radius 1 is 1.35 bits per heavy atom. The number of carbonyl (C=O) groups excluding carboxylic acids is 1. The van der Waals surface area contributed by atoms with E-state index in [0.717, 1.165) is 12.8 Å². The molecule has 6 nitrogen and oxygen atoms in total. The number of fused-ring (bicyclic) bond motifs is 1. The number of benzene rings is 1. The second-order valence-electron chi connectivity index (χ2n) is 6.64. The summed E-state index contributed by atoms with van der Waals surface area (Å²) >= 11 is 0. The minimum Gasteiger partial charge on any atom is -0.491 e. The van der Waals surface area contributed by atoms with Crippen molar-refractivity contribution in [2.75, 3.05) is 33.8 Å². The second kappa shape index (κ2) is 5.85. The fraction of sp³-hybridized carbons (Fsp3) is 0.529. The highest BCUT2D eigenvalue weighted by Crippen LogP contribution is 2.49. The molecule has 0 spiro atoms. The molecule has 1 unspecified atom stereocenters. The van der Waals surface area contributed by atoms with Gasteiger partial charge in [0.2, 0.25) is 5.91 Å². The molecule has 1 amide bonds. The average Bonchev–Trinajstić information content (AvgIpc) is 3.28. The normalized spacial score (nSPS) is 22.0. The fourth-order valence-corrected chi connectivity index (χ4v) is 3.37. The van der Waals surface area contributed by atoms with Gasteiger partial charge >= 0.3 is 5.97 Å². The molecule has 1 heterocycles. The fourth-order valence-electron chi connectivity index (χ4n) is 3.37. The Morgan fingerprint density at radius 2 is 2.04 bits per heavy atom. The molecule has 6 heteroatoms. The van der Waals surface area contributed by atoms with Crippen molar-refractivity contribution in [2.45, 2.75) is 18.9 Å². The summed E-state index contributed by atoms with van der Waals surface area (Å²) in [5.74, 6) is -0.538. The summed E-state index contributed by atoms with van der Waals surface area (Å²) in [6, 6.07) is 6.08. The van der Waals surface area contributed by atoms with Gasteiger partial charge in [0.1, 0.15) is 12.4 Å². The van der Waals surface area contributed by atoms with E-state index in [1.54, 1.807) is 18.2 Å². The zero-order valence-electron chi connectivity index (χ0n) is 13.5. The number of hydrogen-bond acceptors (Lipinski definition) is 4. The van der Waals surface area contributed by atoms with Gasteiger partial charge in [-0.3, -0.25) is 4.79 Å². The van der Waals surface area contributed by atoms with Gasteiger partial charge in [-0.2, -0.15) is 0 Å². The second-order valence-corrected chi connectivity index (χ2v) is 6.64. The van der Waals surface area contributed by atoms with Gasteiger partial charge in [-0.15, -0.1) is 0 Å². The van der Waals surface area contributed by atoms with Crippen molar-refractivity contribution in [1.29, 1.82) is 0 Å². The summed E-state index contributed by atoms with van der Waals surface area (Å²) in [4.78, 5) is 28.4. The van der Waals surface area contributed by atoms with Crippen molar-refractivity contribution in [2.24, 2.45) is 5.41 Å². The van der Waals surface area contributed by atoms with Crippen LogP contribution in [0, 0.1) is 5.41 Å². The third-order valence-electron chi connectivity index (χ3n) is 4.54. The molecule has 124 valence electrons. The van der Waals surface area contributed by atoms with Crippen molar-refractivity contribution < 1.29 is 19.4 Å². The molecular weight excluding hydrogens is 296 g/mol. The van der Waals surface area contributed by atoms with Crippen molar-refractivity contribution >= 4 is 11.9 Å². The van der Waals surface area contributed by atoms with Gasteiger partial charge in [-0.05, 0) is 33.0 Å². The van der Waals surface area contributed by atoms with Crippen LogP contribution < -0.4 is 4.74 Å². The molecule has 1 aromatic rings. The van der Waals surface area contributed by atoms with Crippen molar-refractivity contribution in [1.82, 2.24) is 9.80 Å². The maximum absolute atomic E-state index is 13.1. The first-order valence-electron chi connectivity index (χ1n) is 7.85. The summed E-state index contributed by atoms with van der Waals surface area (Å²) in [5, 5.41) is 9.74. The van der Waals surface area contributed by atoms with Crippen LogP contribution in [0.2, 0.25) is 0 Å². The highest BCUT2D eigenvalue weighted by Gasteiger charge is 2.54. The summed E-state index contributed by atoms with van der Waals surface area (Å²) in [6.07, 6.45) is 1.63. The minimum atomic E-state index is -1.02. The topological polar surface area (TPSA) is 70.1 Å². The summed E-state index contributed by atoms with van der Waals surface area (Å²) < 4.78 is 5.66. The predicted molar refractivity (Wildman–Crippen MR) is 84.2 cm³/mol. The number of aliphatic carboxylic acids is 1. The van der Waals surface area contributed by atoms with E-state index in [1.165, 1.54) is 4.90 Å². The standard InChI is InChI=1S/C17H22N2O4/c1-18(2)11-17(7-8-17)16(22)19-9-10-23-13-6-4-3-5-12(13)14(19)15(20)21/h3-6,14H,7-11H2,1-2H3,(H,20,21). The summed E-state index contributed by atoms with van der Waals surface area (Å²) in [7, 11) is 3.87. The molecule has 0 aromatic heterocycles. The summed E-state index contributed by atoms with van der Waals surface area (Å²) in [5.41, 5.74) is 0.114.